The van der Waals surface area contributed by atoms with Crippen molar-refractivity contribution in [3.05, 3.63) is 56.5 Å². The standard InChI is InChI=1S/C14H10F5N3O4S/c15-8-9(16)11(18)13(12(19)10(8)17)27(24,25)20-3-7-21-6-1-2-26-4-5(6)14(23)22-7/h20H,1-4H2,(H,21,22,23). The van der Waals surface area contributed by atoms with Gasteiger partial charge in [-0.25, -0.2) is 40.1 Å². The number of hydrogen-bond acceptors (Lipinski definition) is 5. The van der Waals surface area contributed by atoms with E-state index in [1.54, 1.807) is 4.72 Å². The van der Waals surface area contributed by atoms with Crippen LogP contribution in [-0.4, -0.2) is 25.0 Å². The lowest BCUT2D eigenvalue weighted by molar-refractivity contribution is 0.108. The van der Waals surface area contributed by atoms with Crippen LogP contribution in [0.25, 0.3) is 0 Å². The Morgan fingerprint density at radius 3 is 2.26 bits per heavy atom. The number of rotatable bonds is 4. The normalized spacial score (nSPS) is 14.3. The lowest BCUT2D eigenvalue weighted by Crippen LogP contribution is -2.30. The summed E-state index contributed by atoms with van der Waals surface area (Å²) in [7, 11) is -5.15. The Hall–Kier alpha value is -2.38. The summed E-state index contributed by atoms with van der Waals surface area (Å²) in [6, 6.07) is 0. The van der Waals surface area contributed by atoms with E-state index >= 15 is 0 Å². The van der Waals surface area contributed by atoms with Gasteiger partial charge in [0.05, 0.1) is 31.0 Å². The molecule has 3 rings (SSSR count). The number of nitrogens with one attached hydrogen (secondary N) is 2. The number of H-pyrrole nitrogens is 1. The van der Waals surface area contributed by atoms with E-state index in [0.717, 1.165) is 0 Å². The molecule has 1 aromatic carbocycles. The lowest BCUT2D eigenvalue weighted by atomic mass is 10.1. The van der Waals surface area contributed by atoms with Crippen molar-refractivity contribution >= 4 is 10.0 Å². The number of nitrogens with zero attached hydrogens (tertiary/aromatic N) is 1. The predicted octanol–water partition coefficient (Wildman–Crippen LogP) is 1.02. The second kappa shape index (κ2) is 6.98. The second-order valence-corrected chi connectivity index (χ2v) is 7.17. The Bertz CT molecular complexity index is 1060. The third kappa shape index (κ3) is 3.44. The van der Waals surface area contributed by atoms with Gasteiger partial charge >= 0.3 is 0 Å². The molecule has 13 heteroatoms. The van der Waals surface area contributed by atoms with E-state index in [2.05, 4.69) is 9.97 Å². The summed E-state index contributed by atoms with van der Waals surface area (Å²) in [6.07, 6.45) is 0.288. The zero-order chi connectivity index (χ0) is 19.9. The third-order valence-corrected chi connectivity index (χ3v) is 5.17. The predicted molar refractivity (Wildman–Crippen MR) is 78.5 cm³/mol. The van der Waals surface area contributed by atoms with Crippen molar-refractivity contribution in [1.29, 1.82) is 0 Å². The van der Waals surface area contributed by atoms with Gasteiger partial charge in [-0.2, -0.15) is 0 Å². The molecule has 7 nitrogen and oxygen atoms in total. The van der Waals surface area contributed by atoms with Gasteiger partial charge in [0.1, 0.15) is 5.82 Å². The first-order valence-electron chi connectivity index (χ1n) is 7.33. The molecule has 0 radical (unpaired) electrons. The van der Waals surface area contributed by atoms with Gasteiger partial charge in [-0.1, -0.05) is 0 Å². The number of benzene rings is 1. The van der Waals surface area contributed by atoms with Gasteiger partial charge < -0.3 is 9.72 Å². The molecule has 0 spiro atoms. The van der Waals surface area contributed by atoms with Gasteiger partial charge in [0.25, 0.3) is 5.56 Å². The Morgan fingerprint density at radius 2 is 1.63 bits per heavy atom. The van der Waals surface area contributed by atoms with Gasteiger partial charge in [-0.05, 0) is 0 Å². The number of aromatic nitrogens is 2. The van der Waals surface area contributed by atoms with Gasteiger partial charge in [0, 0.05) is 6.42 Å². The molecule has 1 aliphatic rings. The fourth-order valence-corrected chi connectivity index (χ4v) is 3.56. The van der Waals surface area contributed by atoms with E-state index in [-0.39, 0.29) is 24.4 Å². The molecule has 27 heavy (non-hydrogen) atoms. The molecule has 1 aromatic heterocycles. The Kier molecular flexibility index (Phi) is 5.01. The molecule has 0 saturated heterocycles. The van der Waals surface area contributed by atoms with Crippen LogP contribution in [-0.2, 0) is 34.3 Å². The topological polar surface area (TPSA) is 101 Å². The van der Waals surface area contributed by atoms with Crippen molar-refractivity contribution in [1.82, 2.24) is 14.7 Å². The number of halogens is 5. The van der Waals surface area contributed by atoms with Crippen LogP contribution in [0.4, 0.5) is 22.0 Å². The highest BCUT2D eigenvalue weighted by molar-refractivity contribution is 7.89. The van der Waals surface area contributed by atoms with Crippen LogP contribution >= 0.6 is 0 Å². The van der Waals surface area contributed by atoms with Crippen LogP contribution in [0, 0.1) is 29.1 Å². The lowest BCUT2D eigenvalue weighted by Gasteiger charge is -2.15. The van der Waals surface area contributed by atoms with E-state index in [1.807, 2.05) is 0 Å². The minimum atomic E-state index is -5.15. The van der Waals surface area contributed by atoms with Crippen LogP contribution < -0.4 is 10.3 Å². The smallest absolute Gasteiger partial charge is 0.256 e. The number of sulfonamides is 1. The maximum Gasteiger partial charge on any atom is 0.256 e. The largest absolute Gasteiger partial charge is 0.376 e. The van der Waals surface area contributed by atoms with E-state index in [9.17, 15) is 35.2 Å². The highest BCUT2D eigenvalue weighted by atomic mass is 32.2. The van der Waals surface area contributed by atoms with Crippen LogP contribution in [0.5, 0.6) is 0 Å². The Morgan fingerprint density at radius 1 is 1.04 bits per heavy atom. The SMILES string of the molecule is O=c1[nH]c(CNS(=O)(=O)c2c(F)c(F)c(F)c(F)c2F)nc2c1COCC2. The molecule has 0 aliphatic carbocycles. The van der Waals surface area contributed by atoms with Gasteiger partial charge in [0.15, 0.2) is 28.2 Å². The zero-order valence-electron chi connectivity index (χ0n) is 13.2. The van der Waals surface area contributed by atoms with E-state index in [1.165, 1.54) is 0 Å². The molecular formula is C14H10F5N3O4S. The van der Waals surface area contributed by atoms with E-state index in [4.69, 9.17) is 4.74 Å². The molecule has 0 bridgehead atoms. The van der Waals surface area contributed by atoms with Crippen molar-refractivity contribution in [2.45, 2.75) is 24.5 Å². The van der Waals surface area contributed by atoms with Crippen molar-refractivity contribution in [3.8, 4) is 0 Å². The average Bonchev–Trinajstić information content (AvgIpc) is 2.63. The molecule has 1 aliphatic heterocycles. The van der Waals surface area contributed by atoms with Crippen LogP contribution in [0.2, 0.25) is 0 Å². The average molecular weight is 411 g/mol. The summed E-state index contributed by atoms with van der Waals surface area (Å²) in [5.74, 6) is -12.5. The van der Waals surface area contributed by atoms with Crippen LogP contribution in [0.15, 0.2) is 9.69 Å². The van der Waals surface area contributed by atoms with Gasteiger partial charge in [0.2, 0.25) is 15.8 Å². The second-order valence-electron chi connectivity index (χ2n) is 5.46. The maximum absolute atomic E-state index is 13.7. The minimum absolute atomic E-state index is 0.0221. The molecule has 0 atom stereocenters. The van der Waals surface area contributed by atoms with E-state index in [0.29, 0.717) is 12.3 Å². The van der Waals surface area contributed by atoms with Crippen LogP contribution in [0.3, 0.4) is 0 Å². The van der Waals surface area contributed by atoms with Crippen molar-refractivity contribution < 1.29 is 35.1 Å². The van der Waals surface area contributed by atoms with Crippen molar-refractivity contribution in [3.63, 3.8) is 0 Å². The molecule has 0 unspecified atom stereocenters. The van der Waals surface area contributed by atoms with Gasteiger partial charge in [-0.15, -0.1) is 0 Å². The molecule has 2 aromatic rings. The van der Waals surface area contributed by atoms with Gasteiger partial charge in [-0.3, -0.25) is 4.79 Å². The summed E-state index contributed by atoms with van der Waals surface area (Å²) in [5.41, 5.74) is 0.0215. The first-order valence-corrected chi connectivity index (χ1v) is 8.81. The fourth-order valence-electron chi connectivity index (χ4n) is 2.43. The first kappa shape index (κ1) is 19.4. The molecule has 2 N–H and O–H groups in total. The third-order valence-electron chi connectivity index (χ3n) is 3.75. The number of hydrogen-bond donors (Lipinski definition) is 2. The fraction of sp³-hybridized carbons (Fsp3) is 0.286. The maximum atomic E-state index is 13.7. The summed E-state index contributed by atoms with van der Waals surface area (Å²) in [5, 5.41) is 0. The number of aromatic amines is 1. The molecule has 0 saturated carbocycles. The summed E-state index contributed by atoms with van der Waals surface area (Å²) in [6.45, 7) is -0.432. The molecule has 0 amide bonds. The Labute approximate surface area is 148 Å². The highest BCUT2D eigenvalue weighted by Gasteiger charge is 2.33. The quantitative estimate of drug-likeness (QED) is 0.445. The zero-order valence-corrected chi connectivity index (χ0v) is 14.0. The Balaban J connectivity index is 1.93. The molecular weight excluding hydrogens is 401 g/mol. The molecule has 146 valence electrons. The minimum Gasteiger partial charge on any atom is -0.376 e. The highest BCUT2D eigenvalue weighted by Crippen LogP contribution is 2.26. The first-order chi connectivity index (χ1) is 12.6. The molecule has 0 fully saturated rings. The monoisotopic (exact) mass is 411 g/mol. The molecule has 2 heterocycles. The van der Waals surface area contributed by atoms with Crippen molar-refractivity contribution in [2.75, 3.05) is 6.61 Å². The summed E-state index contributed by atoms with van der Waals surface area (Å²) in [4.78, 5) is 16.1. The summed E-state index contributed by atoms with van der Waals surface area (Å²) >= 11 is 0. The van der Waals surface area contributed by atoms with E-state index < -0.39 is 56.1 Å². The van der Waals surface area contributed by atoms with Crippen LogP contribution in [0.1, 0.15) is 17.1 Å². The summed E-state index contributed by atoms with van der Waals surface area (Å²) < 4.78 is 97.7. The number of ether oxygens (including phenoxy) is 1. The number of fused-ring (bicyclic) bond motifs is 1. The van der Waals surface area contributed by atoms with Crippen molar-refractivity contribution in [2.24, 2.45) is 0 Å².